The summed E-state index contributed by atoms with van der Waals surface area (Å²) in [5.41, 5.74) is 0.713. The van der Waals surface area contributed by atoms with Gasteiger partial charge in [0.05, 0.1) is 16.1 Å². The van der Waals surface area contributed by atoms with E-state index in [4.69, 9.17) is 0 Å². The van der Waals surface area contributed by atoms with Crippen molar-refractivity contribution in [2.45, 2.75) is 50.0 Å². The van der Waals surface area contributed by atoms with Gasteiger partial charge in [-0.3, -0.25) is 9.52 Å². The molecule has 1 amide bonds. The molecule has 0 heterocycles. The van der Waals surface area contributed by atoms with Crippen LogP contribution in [0, 0.1) is 0 Å². The summed E-state index contributed by atoms with van der Waals surface area (Å²) < 4.78 is 28.0. The third-order valence-corrected chi connectivity index (χ3v) is 6.45. The molecule has 0 aromatic heterocycles. The molecular formula is C21H26N2O3S. The molecule has 0 bridgehead atoms. The third-order valence-electron chi connectivity index (χ3n) is 5.07. The summed E-state index contributed by atoms with van der Waals surface area (Å²) in [4.78, 5) is 15.3. The Kier molecular flexibility index (Phi) is 6.16. The lowest BCUT2D eigenvalue weighted by molar-refractivity contribution is 0.0649. The van der Waals surface area contributed by atoms with Crippen molar-refractivity contribution in [3.05, 3.63) is 60.2 Å². The Labute approximate surface area is 161 Å². The van der Waals surface area contributed by atoms with Gasteiger partial charge in [0.2, 0.25) is 0 Å². The maximum absolute atomic E-state index is 13.2. The zero-order valence-electron chi connectivity index (χ0n) is 15.6. The predicted molar refractivity (Wildman–Crippen MR) is 107 cm³/mol. The van der Waals surface area contributed by atoms with E-state index in [9.17, 15) is 13.2 Å². The van der Waals surface area contributed by atoms with Crippen molar-refractivity contribution in [2.75, 3.05) is 11.3 Å². The van der Waals surface area contributed by atoms with Gasteiger partial charge in [-0.1, -0.05) is 49.6 Å². The van der Waals surface area contributed by atoms with Gasteiger partial charge in [0, 0.05) is 12.6 Å². The average Bonchev–Trinajstić information content (AvgIpc) is 2.70. The van der Waals surface area contributed by atoms with Gasteiger partial charge in [0.25, 0.3) is 15.9 Å². The first-order valence-electron chi connectivity index (χ1n) is 9.51. The average molecular weight is 387 g/mol. The summed E-state index contributed by atoms with van der Waals surface area (Å²) in [5.74, 6) is -0.115. The standard InChI is InChI=1S/C21H26N2O3S/c1-2-23(17-11-5-3-6-12-17)21(24)19-15-9-10-16-20(19)22-27(25,26)18-13-7-4-8-14-18/h4,7-10,13-17,22H,2-3,5-6,11-12H2,1H3. The zero-order valence-corrected chi connectivity index (χ0v) is 16.4. The van der Waals surface area contributed by atoms with Crippen LogP contribution < -0.4 is 4.72 Å². The molecule has 1 aliphatic rings. The van der Waals surface area contributed by atoms with Crippen LogP contribution in [0.1, 0.15) is 49.4 Å². The van der Waals surface area contributed by atoms with Gasteiger partial charge in [-0.2, -0.15) is 0 Å². The molecule has 27 heavy (non-hydrogen) atoms. The van der Waals surface area contributed by atoms with Crippen LogP contribution >= 0.6 is 0 Å². The molecule has 0 spiro atoms. The van der Waals surface area contributed by atoms with E-state index in [1.807, 2.05) is 11.8 Å². The quantitative estimate of drug-likeness (QED) is 0.806. The number of amides is 1. The van der Waals surface area contributed by atoms with Crippen molar-refractivity contribution in [1.82, 2.24) is 4.90 Å². The zero-order chi connectivity index (χ0) is 19.3. The normalized spacial score (nSPS) is 15.3. The number of nitrogens with zero attached hydrogens (tertiary/aromatic N) is 1. The third kappa shape index (κ3) is 4.50. The van der Waals surface area contributed by atoms with Crippen LogP contribution in [0.2, 0.25) is 0 Å². The molecule has 144 valence electrons. The molecule has 0 atom stereocenters. The molecule has 0 aliphatic heterocycles. The summed E-state index contributed by atoms with van der Waals surface area (Å²) in [5, 5.41) is 0. The Morgan fingerprint density at radius 2 is 1.63 bits per heavy atom. The number of para-hydroxylation sites is 1. The van der Waals surface area contributed by atoms with E-state index in [0.717, 1.165) is 25.7 Å². The minimum absolute atomic E-state index is 0.115. The van der Waals surface area contributed by atoms with Gasteiger partial charge in [-0.05, 0) is 44.0 Å². The lowest BCUT2D eigenvalue weighted by Gasteiger charge is -2.34. The molecule has 1 saturated carbocycles. The molecule has 1 N–H and O–H groups in total. The SMILES string of the molecule is CCN(C(=O)c1ccccc1NS(=O)(=O)c1ccccc1)C1CCCCC1. The number of hydrogen-bond acceptors (Lipinski definition) is 3. The number of hydrogen-bond donors (Lipinski definition) is 1. The maximum Gasteiger partial charge on any atom is 0.261 e. The van der Waals surface area contributed by atoms with Crippen molar-refractivity contribution in [2.24, 2.45) is 0 Å². The molecule has 0 saturated heterocycles. The lowest BCUT2D eigenvalue weighted by Crippen LogP contribution is -2.41. The van der Waals surface area contributed by atoms with E-state index in [-0.39, 0.29) is 16.8 Å². The van der Waals surface area contributed by atoms with Crippen LogP contribution in [0.15, 0.2) is 59.5 Å². The van der Waals surface area contributed by atoms with E-state index in [2.05, 4.69) is 4.72 Å². The fraction of sp³-hybridized carbons (Fsp3) is 0.381. The van der Waals surface area contributed by atoms with Crippen molar-refractivity contribution in [3.8, 4) is 0 Å². The highest BCUT2D eigenvalue weighted by Gasteiger charge is 2.27. The molecule has 0 unspecified atom stereocenters. The van der Waals surface area contributed by atoms with E-state index in [1.165, 1.54) is 18.6 Å². The highest BCUT2D eigenvalue weighted by Crippen LogP contribution is 2.27. The summed E-state index contributed by atoms with van der Waals surface area (Å²) in [6.07, 6.45) is 5.51. The van der Waals surface area contributed by atoms with Crippen molar-refractivity contribution in [3.63, 3.8) is 0 Å². The second-order valence-corrected chi connectivity index (χ2v) is 8.53. The molecule has 2 aromatic rings. The van der Waals surface area contributed by atoms with E-state index < -0.39 is 10.0 Å². The largest absolute Gasteiger partial charge is 0.336 e. The summed E-state index contributed by atoms with van der Waals surface area (Å²) >= 11 is 0. The van der Waals surface area contributed by atoms with E-state index in [0.29, 0.717) is 17.8 Å². The van der Waals surface area contributed by atoms with Crippen LogP contribution in [-0.2, 0) is 10.0 Å². The monoisotopic (exact) mass is 386 g/mol. The first kappa shape index (κ1) is 19.4. The highest BCUT2D eigenvalue weighted by molar-refractivity contribution is 7.92. The molecule has 5 nitrogen and oxygen atoms in total. The summed E-state index contributed by atoms with van der Waals surface area (Å²) in [6.45, 7) is 2.59. The molecule has 3 rings (SSSR count). The molecule has 1 fully saturated rings. The Bertz CT molecular complexity index is 875. The molecule has 1 aliphatic carbocycles. The van der Waals surface area contributed by atoms with Crippen molar-refractivity contribution >= 4 is 21.6 Å². The number of carbonyl (C=O) groups excluding carboxylic acids is 1. The maximum atomic E-state index is 13.2. The number of carbonyl (C=O) groups is 1. The molecular weight excluding hydrogens is 360 g/mol. The Balaban J connectivity index is 1.88. The van der Waals surface area contributed by atoms with Crippen molar-refractivity contribution in [1.29, 1.82) is 0 Å². The van der Waals surface area contributed by atoms with E-state index in [1.54, 1.807) is 42.5 Å². The summed E-state index contributed by atoms with van der Waals surface area (Å²) in [7, 11) is -3.75. The van der Waals surface area contributed by atoms with Crippen LogP contribution in [0.25, 0.3) is 0 Å². The molecule has 2 aromatic carbocycles. The Morgan fingerprint density at radius 3 is 2.30 bits per heavy atom. The van der Waals surface area contributed by atoms with Gasteiger partial charge in [0.15, 0.2) is 0 Å². The smallest absolute Gasteiger partial charge is 0.261 e. The van der Waals surface area contributed by atoms with Gasteiger partial charge in [-0.15, -0.1) is 0 Å². The Hall–Kier alpha value is -2.34. The minimum atomic E-state index is -3.75. The van der Waals surface area contributed by atoms with Crippen LogP contribution in [0.3, 0.4) is 0 Å². The molecule has 0 radical (unpaired) electrons. The number of sulfonamides is 1. The van der Waals surface area contributed by atoms with Gasteiger partial charge < -0.3 is 4.90 Å². The predicted octanol–water partition coefficient (Wildman–Crippen LogP) is 4.28. The fourth-order valence-corrected chi connectivity index (χ4v) is 4.78. The van der Waals surface area contributed by atoms with E-state index >= 15 is 0 Å². The van der Waals surface area contributed by atoms with Gasteiger partial charge in [-0.25, -0.2) is 8.42 Å². The minimum Gasteiger partial charge on any atom is -0.336 e. The molecule has 6 heteroatoms. The second kappa shape index (κ2) is 8.57. The number of anilines is 1. The van der Waals surface area contributed by atoms with Crippen LogP contribution in [-0.4, -0.2) is 31.8 Å². The Morgan fingerprint density at radius 1 is 1.00 bits per heavy atom. The van der Waals surface area contributed by atoms with Crippen LogP contribution in [0.5, 0.6) is 0 Å². The highest BCUT2D eigenvalue weighted by atomic mass is 32.2. The second-order valence-electron chi connectivity index (χ2n) is 6.85. The van der Waals surface area contributed by atoms with Crippen LogP contribution in [0.4, 0.5) is 5.69 Å². The number of rotatable bonds is 6. The summed E-state index contributed by atoms with van der Waals surface area (Å²) in [6, 6.07) is 15.2. The first-order chi connectivity index (χ1) is 13.0. The topological polar surface area (TPSA) is 66.5 Å². The first-order valence-corrected chi connectivity index (χ1v) is 11.0. The van der Waals surface area contributed by atoms with Crippen molar-refractivity contribution < 1.29 is 13.2 Å². The van der Waals surface area contributed by atoms with Gasteiger partial charge >= 0.3 is 0 Å². The number of benzene rings is 2. The lowest BCUT2D eigenvalue weighted by atomic mass is 9.93. The fourth-order valence-electron chi connectivity index (χ4n) is 3.68. The van der Waals surface area contributed by atoms with Gasteiger partial charge in [0.1, 0.15) is 0 Å². The number of nitrogens with one attached hydrogen (secondary N) is 1.